The van der Waals surface area contributed by atoms with Crippen LogP contribution in [0, 0.1) is 5.82 Å². The van der Waals surface area contributed by atoms with E-state index >= 15 is 0 Å². The maximum atomic E-state index is 12.8. The Morgan fingerprint density at radius 3 is 2.38 bits per heavy atom. The van der Waals surface area contributed by atoms with Gasteiger partial charge in [0.05, 0.1) is 0 Å². The highest BCUT2D eigenvalue weighted by Gasteiger charge is 2.12. The molecule has 1 aliphatic rings. The van der Waals surface area contributed by atoms with Gasteiger partial charge in [-0.2, -0.15) is 0 Å². The second kappa shape index (κ2) is 6.52. The van der Waals surface area contributed by atoms with Gasteiger partial charge in [0.1, 0.15) is 12.4 Å². The highest BCUT2D eigenvalue weighted by molar-refractivity contribution is 5.38. The number of halogens is 1. The molecule has 5 heteroatoms. The van der Waals surface area contributed by atoms with E-state index in [1.54, 1.807) is 12.1 Å². The second-order valence-corrected chi connectivity index (χ2v) is 5.19. The van der Waals surface area contributed by atoms with Gasteiger partial charge in [-0.25, -0.2) is 4.39 Å². The Kier molecular flexibility index (Phi) is 4.28. The minimum absolute atomic E-state index is 0.246. The third-order valence-corrected chi connectivity index (χ3v) is 3.61. The molecule has 0 saturated carbocycles. The molecule has 1 aromatic carbocycles. The Hall–Kier alpha value is -2.17. The Morgan fingerprint density at radius 1 is 0.952 bits per heavy atom. The van der Waals surface area contributed by atoms with E-state index in [2.05, 4.69) is 15.1 Å². The molecule has 1 aromatic heterocycles. The van der Waals surface area contributed by atoms with E-state index in [1.807, 2.05) is 12.1 Å². The molecule has 1 fully saturated rings. The maximum Gasteiger partial charge on any atom is 0.233 e. The molecule has 21 heavy (non-hydrogen) atoms. The van der Waals surface area contributed by atoms with Gasteiger partial charge in [0.25, 0.3) is 0 Å². The highest BCUT2D eigenvalue weighted by Crippen LogP contribution is 2.18. The molecule has 110 valence electrons. The van der Waals surface area contributed by atoms with Crippen molar-refractivity contribution in [1.29, 1.82) is 0 Å². The van der Waals surface area contributed by atoms with E-state index < -0.39 is 0 Å². The monoisotopic (exact) mass is 287 g/mol. The van der Waals surface area contributed by atoms with Crippen LogP contribution in [-0.2, 0) is 6.61 Å². The topological polar surface area (TPSA) is 38.2 Å². The Labute approximate surface area is 123 Å². The number of rotatable bonds is 4. The lowest BCUT2D eigenvalue weighted by molar-refractivity contribution is 0.290. The lowest BCUT2D eigenvalue weighted by Crippen LogP contribution is -2.30. The first-order valence-electron chi connectivity index (χ1n) is 7.27. The van der Waals surface area contributed by atoms with Gasteiger partial charge in [-0.1, -0.05) is 12.1 Å². The molecule has 0 unspecified atom stereocenters. The van der Waals surface area contributed by atoms with Crippen LogP contribution >= 0.6 is 0 Å². The minimum Gasteiger partial charge on any atom is -0.472 e. The normalized spacial score (nSPS) is 15.0. The quantitative estimate of drug-likeness (QED) is 0.865. The number of aromatic nitrogens is 2. The van der Waals surface area contributed by atoms with E-state index in [1.165, 1.54) is 31.4 Å². The summed E-state index contributed by atoms with van der Waals surface area (Å²) < 4.78 is 18.4. The van der Waals surface area contributed by atoms with Crippen LogP contribution < -0.4 is 9.64 Å². The summed E-state index contributed by atoms with van der Waals surface area (Å²) in [6.45, 7) is 2.45. The van der Waals surface area contributed by atoms with E-state index in [4.69, 9.17) is 4.74 Å². The van der Waals surface area contributed by atoms with E-state index in [-0.39, 0.29) is 5.82 Å². The molecule has 0 radical (unpaired) electrons. The molecule has 2 heterocycles. The average Bonchev–Trinajstić information content (AvgIpc) is 2.56. The number of anilines is 1. The van der Waals surface area contributed by atoms with Crippen LogP contribution in [0.2, 0.25) is 0 Å². The number of benzene rings is 1. The minimum atomic E-state index is -0.246. The first-order valence-corrected chi connectivity index (χ1v) is 7.27. The zero-order chi connectivity index (χ0) is 14.5. The van der Waals surface area contributed by atoms with Crippen molar-refractivity contribution in [3.05, 3.63) is 47.8 Å². The number of hydrogen-bond donors (Lipinski definition) is 0. The molecule has 2 aromatic rings. The smallest absolute Gasteiger partial charge is 0.233 e. The van der Waals surface area contributed by atoms with Gasteiger partial charge in [0, 0.05) is 19.2 Å². The van der Waals surface area contributed by atoms with Crippen LogP contribution in [0.25, 0.3) is 0 Å². The van der Waals surface area contributed by atoms with Crippen molar-refractivity contribution in [2.45, 2.75) is 25.9 Å². The maximum absolute atomic E-state index is 12.8. The van der Waals surface area contributed by atoms with E-state index in [0.717, 1.165) is 24.5 Å². The summed E-state index contributed by atoms with van der Waals surface area (Å²) in [4.78, 5) is 2.25. The average molecular weight is 287 g/mol. The van der Waals surface area contributed by atoms with Crippen LogP contribution in [0.5, 0.6) is 5.88 Å². The number of piperidine rings is 1. The van der Waals surface area contributed by atoms with Gasteiger partial charge < -0.3 is 9.64 Å². The predicted molar refractivity (Wildman–Crippen MR) is 78.8 cm³/mol. The summed E-state index contributed by atoms with van der Waals surface area (Å²) in [6, 6.07) is 10.0. The van der Waals surface area contributed by atoms with Gasteiger partial charge in [-0.15, -0.1) is 10.2 Å². The van der Waals surface area contributed by atoms with Crippen molar-refractivity contribution < 1.29 is 9.13 Å². The lowest BCUT2D eigenvalue weighted by Gasteiger charge is -2.27. The fourth-order valence-electron chi connectivity index (χ4n) is 2.42. The Morgan fingerprint density at radius 2 is 1.71 bits per heavy atom. The first-order chi connectivity index (χ1) is 10.3. The third-order valence-electron chi connectivity index (χ3n) is 3.61. The summed E-state index contributed by atoms with van der Waals surface area (Å²) in [6.07, 6.45) is 3.72. The zero-order valence-corrected chi connectivity index (χ0v) is 11.8. The molecule has 0 amide bonds. The van der Waals surface area contributed by atoms with E-state index in [9.17, 15) is 4.39 Å². The summed E-state index contributed by atoms with van der Waals surface area (Å²) in [5.41, 5.74) is 0.901. The van der Waals surface area contributed by atoms with Crippen molar-refractivity contribution in [1.82, 2.24) is 10.2 Å². The molecule has 4 nitrogen and oxygen atoms in total. The SMILES string of the molecule is Fc1ccc(COc2ccc(N3CCCCC3)nn2)cc1. The van der Waals surface area contributed by atoms with Crippen molar-refractivity contribution >= 4 is 5.82 Å². The van der Waals surface area contributed by atoms with Crippen LogP contribution in [0.1, 0.15) is 24.8 Å². The van der Waals surface area contributed by atoms with Crippen molar-refractivity contribution in [2.24, 2.45) is 0 Å². The van der Waals surface area contributed by atoms with Crippen LogP contribution in [0.4, 0.5) is 10.2 Å². The molecular weight excluding hydrogens is 269 g/mol. The lowest BCUT2D eigenvalue weighted by atomic mass is 10.1. The molecule has 0 atom stereocenters. The van der Waals surface area contributed by atoms with Crippen LogP contribution in [0.3, 0.4) is 0 Å². The predicted octanol–water partition coefficient (Wildman–Crippen LogP) is 3.19. The summed E-state index contributed by atoms with van der Waals surface area (Å²) >= 11 is 0. The number of ether oxygens (including phenoxy) is 1. The summed E-state index contributed by atoms with van der Waals surface area (Å²) in [7, 11) is 0. The largest absolute Gasteiger partial charge is 0.472 e. The van der Waals surface area contributed by atoms with Gasteiger partial charge >= 0.3 is 0 Å². The number of nitrogens with zero attached hydrogens (tertiary/aromatic N) is 3. The van der Waals surface area contributed by atoms with Crippen LogP contribution in [0.15, 0.2) is 36.4 Å². The molecule has 0 aliphatic carbocycles. The molecule has 0 N–H and O–H groups in total. The van der Waals surface area contributed by atoms with Gasteiger partial charge in [-0.3, -0.25) is 0 Å². The fourth-order valence-corrected chi connectivity index (χ4v) is 2.42. The summed E-state index contributed by atoms with van der Waals surface area (Å²) in [5, 5.41) is 8.32. The zero-order valence-electron chi connectivity index (χ0n) is 11.8. The molecule has 1 saturated heterocycles. The van der Waals surface area contributed by atoms with Crippen molar-refractivity contribution in [2.75, 3.05) is 18.0 Å². The molecule has 0 bridgehead atoms. The molecular formula is C16H18FN3O. The molecule has 1 aliphatic heterocycles. The van der Waals surface area contributed by atoms with Gasteiger partial charge in [0.15, 0.2) is 5.82 Å². The molecule has 0 spiro atoms. The van der Waals surface area contributed by atoms with Crippen molar-refractivity contribution in [3.63, 3.8) is 0 Å². The van der Waals surface area contributed by atoms with Crippen LogP contribution in [-0.4, -0.2) is 23.3 Å². The van der Waals surface area contributed by atoms with Gasteiger partial charge in [0.2, 0.25) is 5.88 Å². The number of hydrogen-bond acceptors (Lipinski definition) is 4. The highest BCUT2D eigenvalue weighted by atomic mass is 19.1. The van der Waals surface area contributed by atoms with Gasteiger partial charge in [-0.05, 0) is 43.0 Å². The Bertz CT molecular complexity index is 565. The third kappa shape index (κ3) is 3.68. The molecule has 3 rings (SSSR count). The fraction of sp³-hybridized carbons (Fsp3) is 0.375. The Balaban J connectivity index is 1.57. The van der Waals surface area contributed by atoms with Crippen molar-refractivity contribution in [3.8, 4) is 5.88 Å². The summed E-state index contributed by atoms with van der Waals surface area (Å²) in [5.74, 6) is 1.15. The second-order valence-electron chi connectivity index (χ2n) is 5.19. The van der Waals surface area contributed by atoms with E-state index in [0.29, 0.717) is 12.5 Å². The standard InChI is InChI=1S/C16H18FN3O/c17-14-6-4-13(5-7-14)12-21-16-9-8-15(18-19-16)20-10-2-1-3-11-20/h4-9H,1-3,10-12H2. The first kappa shape index (κ1) is 13.8.